The van der Waals surface area contributed by atoms with E-state index in [4.69, 9.17) is 9.15 Å². The SMILES string of the molecule is COc1cc(=O)n2c(c1C(=O)N(C)C(C)c1ccco1)CCN(C(=O)c1[nH]c(C)cc1C)CC2. The summed E-state index contributed by atoms with van der Waals surface area (Å²) in [5.41, 5.74) is 3.00. The van der Waals surface area contributed by atoms with E-state index in [1.54, 1.807) is 33.7 Å². The van der Waals surface area contributed by atoms with Crippen molar-refractivity contribution in [3.63, 3.8) is 0 Å². The van der Waals surface area contributed by atoms with Crippen LogP contribution >= 0.6 is 0 Å². The zero-order valence-corrected chi connectivity index (χ0v) is 20.2. The van der Waals surface area contributed by atoms with Crippen molar-refractivity contribution in [1.29, 1.82) is 0 Å². The van der Waals surface area contributed by atoms with Gasteiger partial charge in [-0.15, -0.1) is 0 Å². The van der Waals surface area contributed by atoms with Gasteiger partial charge in [-0.3, -0.25) is 14.4 Å². The Morgan fingerprint density at radius 1 is 1.21 bits per heavy atom. The summed E-state index contributed by atoms with van der Waals surface area (Å²) in [7, 11) is 3.14. The average Bonchev–Trinajstić information content (AvgIpc) is 3.41. The fraction of sp³-hybridized carbons (Fsp3) is 0.400. The Labute approximate surface area is 197 Å². The molecule has 0 saturated heterocycles. The van der Waals surface area contributed by atoms with Crippen molar-refractivity contribution in [2.75, 3.05) is 27.2 Å². The van der Waals surface area contributed by atoms with Gasteiger partial charge in [0.2, 0.25) is 0 Å². The van der Waals surface area contributed by atoms with Gasteiger partial charge in [0.1, 0.15) is 22.8 Å². The number of fused-ring (bicyclic) bond motifs is 1. The zero-order valence-electron chi connectivity index (χ0n) is 20.2. The minimum atomic E-state index is -0.317. The Hall–Kier alpha value is -3.75. The number of rotatable bonds is 5. The van der Waals surface area contributed by atoms with Gasteiger partial charge in [0.25, 0.3) is 17.4 Å². The zero-order chi connectivity index (χ0) is 24.6. The first-order valence-corrected chi connectivity index (χ1v) is 11.3. The van der Waals surface area contributed by atoms with Crippen LogP contribution in [0.1, 0.15) is 56.5 Å². The van der Waals surface area contributed by atoms with E-state index in [1.165, 1.54) is 13.2 Å². The van der Waals surface area contributed by atoms with Gasteiger partial charge >= 0.3 is 0 Å². The number of aromatic amines is 1. The van der Waals surface area contributed by atoms with Crippen molar-refractivity contribution in [2.45, 2.75) is 39.8 Å². The highest BCUT2D eigenvalue weighted by Gasteiger charge is 2.31. The van der Waals surface area contributed by atoms with Crippen molar-refractivity contribution in [3.8, 4) is 5.75 Å². The number of amides is 2. The first-order valence-electron chi connectivity index (χ1n) is 11.3. The van der Waals surface area contributed by atoms with Crippen molar-refractivity contribution in [3.05, 3.63) is 74.9 Å². The van der Waals surface area contributed by atoms with Gasteiger partial charge in [-0.1, -0.05) is 0 Å². The first-order chi connectivity index (χ1) is 16.2. The molecule has 3 aromatic rings. The summed E-state index contributed by atoms with van der Waals surface area (Å²) in [5.74, 6) is 0.493. The molecule has 0 spiro atoms. The van der Waals surface area contributed by atoms with E-state index in [2.05, 4.69) is 4.98 Å². The largest absolute Gasteiger partial charge is 0.496 e. The minimum absolute atomic E-state index is 0.116. The normalized spacial score (nSPS) is 14.3. The molecule has 34 heavy (non-hydrogen) atoms. The van der Waals surface area contributed by atoms with Crippen LogP contribution in [-0.2, 0) is 13.0 Å². The van der Waals surface area contributed by atoms with Gasteiger partial charge in [-0.2, -0.15) is 0 Å². The number of hydrogen-bond donors (Lipinski definition) is 1. The molecular formula is C25H30N4O5. The van der Waals surface area contributed by atoms with Crippen LogP contribution in [0.4, 0.5) is 0 Å². The number of furan rings is 1. The van der Waals surface area contributed by atoms with Crippen LogP contribution in [0.3, 0.4) is 0 Å². The van der Waals surface area contributed by atoms with Crippen LogP contribution in [0.15, 0.2) is 39.7 Å². The first kappa shape index (κ1) is 23.4. The van der Waals surface area contributed by atoms with Crippen LogP contribution in [-0.4, -0.2) is 58.4 Å². The maximum Gasteiger partial charge on any atom is 0.270 e. The number of H-pyrrole nitrogens is 1. The molecule has 1 aliphatic heterocycles. The van der Waals surface area contributed by atoms with Gasteiger partial charge in [0.15, 0.2) is 0 Å². The summed E-state index contributed by atoms with van der Waals surface area (Å²) in [6.45, 7) is 6.71. The van der Waals surface area contributed by atoms with E-state index < -0.39 is 0 Å². The number of hydrogen-bond acceptors (Lipinski definition) is 5. The summed E-state index contributed by atoms with van der Waals surface area (Å²) in [6.07, 6.45) is 1.92. The van der Waals surface area contributed by atoms with Crippen molar-refractivity contribution < 1.29 is 18.7 Å². The number of aromatic nitrogens is 2. The fourth-order valence-corrected chi connectivity index (χ4v) is 4.52. The number of carbonyl (C=O) groups excluding carboxylic acids is 2. The van der Waals surface area contributed by atoms with E-state index in [1.807, 2.05) is 32.9 Å². The van der Waals surface area contributed by atoms with E-state index in [0.29, 0.717) is 48.8 Å². The predicted molar refractivity (Wildman–Crippen MR) is 126 cm³/mol. The number of methoxy groups -OCH3 is 1. The molecule has 0 radical (unpaired) electrons. The highest BCUT2D eigenvalue weighted by molar-refractivity contribution is 5.98. The fourth-order valence-electron chi connectivity index (χ4n) is 4.52. The maximum absolute atomic E-state index is 13.6. The highest BCUT2D eigenvalue weighted by atomic mass is 16.5. The second-order valence-corrected chi connectivity index (χ2v) is 8.68. The third-order valence-electron chi connectivity index (χ3n) is 6.53. The van der Waals surface area contributed by atoms with Crippen molar-refractivity contribution in [1.82, 2.24) is 19.4 Å². The Kier molecular flexibility index (Phi) is 6.37. The monoisotopic (exact) mass is 466 g/mol. The summed E-state index contributed by atoms with van der Waals surface area (Å²) in [4.78, 5) is 46.2. The van der Waals surface area contributed by atoms with Gasteiger partial charge in [0, 0.05) is 50.6 Å². The van der Waals surface area contributed by atoms with Gasteiger partial charge in [-0.25, -0.2) is 0 Å². The molecule has 1 atom stereocenters. The van der Waals surface area contributed by atoms with Gasteiger partial charge in [-0.05, 0) is 44.5 Å². The third-order valence-corrected chi connectivity index (χ3v) is 6.53. The predicted octanol–water partition coefficient (Wildman–Crippen LogP) is 2.93. The molecule has 0 aromatic carbocycles. The lowest BCUT2D eigenvalue weighted by Gasteiger charge is -2.26. The molecule has 3 aromatic heterocycles. The maximum atomic E-state index is 13.6. The molecular weight excluding hydrogens is 436 g/mol. The molecule has 0 bridgehead atoms. The summed E-state index contributed by atoms with van der Waals surface area (Å²) < 4.78 is 12.5. The summed E-state index contributed by atoms with van der Waals surface area (Å²) in [5, 5.41) is 0. The quantitative estimate of drug-likeness (QED) is 0.623. The number of pyridine rings is 1. The molecule has 4 rings (SSSR count). The Morgan fingerprint density at radius 2 is 1.97 bits per heavy atom. The Balaban J connectivity index is 1.68. The third kappa shape index (κ3) is 4.13. The van der Waals surface area contributed by atoms with E-state index >= 15 is 0 Å². The molecule has 0 saturated carbocycles. The molecule has 0 aliphatic carbocycles. The molecule has 1 aliphatic rings. The molecule has 4 heterocycles. The second kappa shape index (κ2) is 9.24. The average molecular weight is 467 g/mol. The van der Waals surface area contributed by atoms with Crippen molar-refractivity contribution >= 4 is 11.8 Å². The lowest BCUT2D eigenvalue weighted by molar-refractivity contribution is 0.0720. The van der Waals surface area contributed by atoms with Crippen LogP contribution in [0.25, 0.3) is 0 Å². The molecule has 9 heteroatoms. The standard InChI is InChI=1S/C25H30N4O5/c1-15-13-16(2)26-23(15)25(32)28-9-8-18-22(20(33-5)14-21(30)29(18)11-10-28)24(31)27(4)17(3)19-7-6-12-34-19/h6-7,12-14,17,26H,8-11H2,1-5H3. The molecule has 1 unspecified atom stereocenters. The Morgan fingerprint density at radius 3 is 2.59 bits per heavy atom. The Bertz CT molecular complexity index is 1270. The summed E-state index contributed by atoms with van der Waals surface area (Å²) >= 11 is 0. The van der Waals surface area contributed by atoms with Crippen LogP contribution in [0, 0.1) is 13.8 Å². The molecule has 2 amide bonds. The number of carbonyl (C=O) groups is 2. The topological polar surface area (TPSA) is 101 Å². The van der Waals surface area contributed by atoms with Crippen LogP contribution in [0.2, 0.25) is 0 Å². The van der Waals surface area contributed by atoms with E-state index in [9.17, 15) is 14.4 Å². The lowest BCUT2D eigenvalue weighted by atomic mass is 10.1. The van der Waals surface area contributed by atoms with Crippen molar-refractivity contribution in [2.24, 2.45) is 0 Å². The number of nitrogens with one attached hydrogen (secondary N) is 1. The lowest BCUT2D eigenvalue weighted by Crippen LogP contribution is -2.35. The van der Waals surface area contributed by atoms with E-state index in [0.717, 1.165) is 11.3 Å². The minimum Gasteiger partial charge on any atom is -0.496 e. The van der Waals surface area contributed by atoms with E-state index in [-0.39, 0.29) is 29.2 Å². The summed E-state index contributed by atoms with van der Waals surface area (Å²) in [6, 6.07) is 6.55. The molecule has 1 N–H and O–H groups in total. The smallest absolute Gasteiger partial charge is 0.270 e. The molecule has 9 nitrogen and oxygen atoms in total. The molecule has 180 valence electrons. The number of ether oxygens (including phenoxy) is 1. The van der Waals surface area contributed by atoms with Gasteiger partial charge < -0.3 is 28.5 Å². The van der Waals surface area contributed by atoms with Gasteiger partial charge in [0.05, 0.1) is 19.4 Å². The molecule has 0 fully saturated rings. The van der Waals surface area contributed by atoms with Crippen LogP contribution < -0.4 is 10.3 Å². The van der Waals surface area contributed by atoms with Crippen LogP contribution in [0.5, 0.6) is 5.75 Å². The number of aryl methyl sites for hydroxylation is 2. The highest BCUT2D eigenvalue weighted by Crippen LogP contribution is 2.28. The number of nitrogens with zero attached hydrogens (tertiary/aromatic N) is 3. The second-order valence-electron chi connectivity index (χ2n) is 8.68.